The van der Waals surface area contributed by atoms with Gasteiger partial charge in [-0.15, -0.1) is 0 Å². The molecular formula is C12H15F2N3O. The number of piperidine rings is 1. The molecule has 1 aromatic rings. The fourth-order valence-corrected chi connectivity index (χ4v) is 1.99. The molecule has 0 amide bonds. The fourth-order valence-electron chi connectivity index (χ4n) is 1.99. The molecule has 2 heterocycles. The number of aryl methyl sites for hydroxylation is 1. The van der Waals surface area contributed by atoms with E-state index in [1.165, 1.54) is 13.1 Å². The van der Waals surface area contributed by atoms with Gasteiger partial charge < -0.3 is 4.90 Å². The summed E-state index contributed by atoms with van der Waals surface area (Å²) in [6.07, 6.45) is 1.11. The van der Waals surface area contributed by atoms with Gasteiger partial charge in [0.1, 0.15) is 0 Å². The molecule has 0 atom stereocenters. The number of Topliss-reactive ketones (excluding diaryl/α,β-unsaturated/α-hetero) is 1. The highest BCUT2D eigenvalue weighted by atomic mass is 19.3. The number of hydrogen-bond donors (Lipinski definition) is 0. The Morgan fingerprint density at radius 3 is 2.50 bits per heavy atom. The summed E-state index contributed by atoms with van der Waals surface area (Å²) in [4.78, 5) is 21.3. The highest BCUT2D eigenvalue weighted by Gasteiger charge is 2.34. The molecule has 1 saturated heterocycles. The largest absolute Gasteiger partial charge is 0.340 e. The van der Waals surface area contributed by atoms with Crippen molar-refractivity contribution in [3.63, 3.8) is 0 Å². The molecule has 2 rings (SSSR count). The van der Waals surface area contributed by atoms with Crippen molar-refractivity contribution in [3.8, 4) is 0 Å². The Morgan fingerprint density at radius 1 is 1.39 bits per heavy atom. The molecule has 1 aliphatic heterocycles. The van der Waals surface area contributed by atoms with Crippen LogP contribution < -0.4 is 4.90 Å². The van der Waals surface area contributed by atoms with E-state index in [0.717, 1.165) is 0 Å². The van der Waals surface area contributed by atoms with Gasteiger partial charge in [-0.1, -0.05) is 0 Å². The molecule has 0 spiro atoms. The van der Waals surface area contributed by atoms with Crippen LogP contribution in [-0.4, -0.2) is 34.8 Å². The molecule has 98 valence electrons. The Bertz CT molecular complexity index is 466. The van der Waals surface area contributed by atoms with Gasteiger partial charge in [-0.25, -0.2) is 18.7 Å². The first kappa shape index (κ1) is 12.9. The van der Waals surface area contributed by atoms with Crippen molar-refractivity contribution in [1.29, 1.82) is 0 Å². The number of halogens is 2. The number of aromatic nitrogens is 2. The quantitative estimate of drug-likeness (QED) is 0.760. The number of ketones is 1. The van der Waals surface area contributed by atoms with Crippen LogP contribution in [0.4, 0.5) is 14.7 Å². The fraction of sp³-hybridized carbons (Fsp3) is 0.583. The summed E-state index contributed by atoms with van der Waals surface area (Å²) >= 11 is 0. The molecule has 0 radical (unpaired) electrons. The normalized spacial score (nSPS) is 18.8. The maximum absolute atomic E-state index is 13.0. The van der Waals surface area contributed by atoms with Crippen molar-refractivity contribution in [3.05, 3.63) is 17.5 Å². The third-order valence-electron chi connectivity index (χ3n) is 3.12. The van der Waals surface area contributed by atoms with Gasteiger partial charge in [0.15, 0.2) is 5.78 Å². The molecule has 18 heavy (non-hydrogen) atoms. The summed E-state index contributed by atoms with van der Waals surface area (Å²) in [5, 5.41) is 0. The molecule has 1 aliphatic rings. The van der Waals surface area contributed by atoms with Crippen molar-refractivity contribution >= 4 is 11.7 Å². The second-order valence-electron chi connectivity index (χ2n) is 4.57. The molecule has 0 N–H and O–H groups in total. The van der Waals surface area contributed by atoms with Crippen molar-refractivity contribution in [2.24, 2.45) is 0 Å². The number of nitrogens with zero attached hydrogens (tertiary/aromatic N) is 3. The van der Waals surface area contributed by atoms with Gasteiger partial charge in [-0.3, -0.25) is 4.79 Å². The number of carbonyl (C=O) groups excluding carboxylic acids is 1. The van der Waals surface area contributed by atoms with E-state index in [4.69, 9.17) is 0 Å². The highest BCUT2D eigenvalue weighted by molar-refractivity contribution is 5.94. The van der Waals surface area contributed by atoms with E-state index >= 15 is 0 Å². The lowest BCUT2D eigenvalue weighted by atomic mass is 10.1. The molecule has 0 aromatic carbocycles. The van der Waals surface area contributed by atoms with E-state index in [2.05, 4.69) is 9.97 Å². The zero-order valence-corrected chi connectivity index (χ0v) is 10.4. The second-order valence-corrected chi connectivity index (χ2v) is 4.57. The average molecular weight is 255 g/mol. The summed E-state index contributed by atoms with van der Waals surface area (Å²) in [6.45, 7) is 3.66. The molecule has 0 bridgehead atoms. The molecule has 0 unspecified atom stereocenters. The van der Waals surface area contributed by atoms with Crippen LogP contribution in [0.15, 0.2) is 6.20 Å². The van der Waals surface area contributed by atoms with E-state index in [1.807, 2.05) is 0 Å². The van der Waals surface area contributed by atoms with Crippen LogP contribution in [0.5, 0.6) is 0 Å². The lowest BCUT2D eigenvalue weighted by Crippen LogP contribution is -2.40. The third-order valence-corrected chi connectivity index (χ3v) is 3.12. The van der Waals surface area contributed by atoms with Crippen molar-refractivity contribution in [2.45, 2.75) is 32.6 Å². The molecular weight excluding hydrogens is 240 g/mol. The number of alkyl halides is 2. The first-order valence-corrected chi connectivity index (χ1v) is 5.86. The SMILES string of the molecule is CC(=O)c1cnc(N2CCC(F)(F)CC2)nc1C. The van der Waals surface area contributed by atoms with Crippen LogP contribution in [0, 0.1) is 6.92 Å². The van der Waals surface area contributed by atoms with Crippen LogP contribution in [-0.2, 0) is 0 Å². The van der Waals surface area contributed by atoms with E-state index in [-0.39, 0.29) is 31.7 Å². The van der Waals surface area contributed by atoms with E-state index in [0.29, 0.717) is 17.2 Å². The summed E-state index contributed by atoms with van der Waals surface area (Å²) < 4.78 is 26.1. The second kappa shape index (κ2) is 4.59. The summed E-state index contributed by atoms with van der Waals surface area (Å²) in [5.74, 6) is -2.25. The summed E-state index contributed by atoms with van der Waals surface area (Å²) in [7, 11) is 0. The molecule has 4 nitrogen and oxygen atoms in total. The van der Waals surface area contributed by atoms with Gasteiger partial charge in [-0.05, 0) is 13.8 Å². The van der Waals surface area contributed by atoms with Gasteiger partial charge in [0.05, 0.1) is 11.3 Å². The zero-order valence-electron chi connectivity index (χ0n) is 10.4. The average Bonchev–Trinajstić information content (AvgIpc) is 2.28. The van der Waals surface area contributed by atoms with Gasteiger partial charge in [0.25, 0.3) is 5.92 Å². The Hall–Kier alpha value is -1.59. The number of hydrogen-bond acceptors (Lipinski definition) is 4. The van der Waals surface area contributed by atoms with E-state index in [1.54, 1.807) is 11.8 Å². The minimum atomic E-state index is -2.58. The third kappa shape index (κ3) is 2.63. The van der Waals surface area contributed by atoms with Crippen LogP contribution >= 0.6 is 0 Å². The Balaban J connectivity index is 2.16. The van der Waals surface area contributed by atoms with E-state index in [9.17, 15) is 13.6 Å². The van der Waals surface area contributed by atoms with Crippen LogP contribution in [0.25, 0.3) is 0 Å². The minimum absolute atomic E-state index is 0.0933. The Labute approximate surface area is 104 Å². The predicted molar refractivity (Wildman–Crippen MR) is 63.2 cm³/mol. The van der Waals surface area contributed by atoms with Crippen molar-refractivity contribution < 1.29 is 13.6 Å². The van der Waals surface area contributed by atoms with Crippen molar-refractivity contribution in [2.75, 3.05) is 18.0 Å². The predicted octanol–water partition coefficient (Wildman–Crippen LogP) is 2.22. The maximum Gasteiger partial charge on any atom is 0.251 e. The lowest BCUT2D eigenvalue weighted by molar-refractivity contribution is -0.0222. The molecule has 6 heteroatoms. The van der Waals surface area contributed by atoms with Gasteiger partial charge >= 0.3 is 0 Å². The first-order valence-electron chi connectivity index (χ1n) is 5.86. The molecule has 1 fully saturated rings. The number of rotatable bonds is 2. The van der Waals surface area contributed by atoms with Gasteiger partial charge in [0.2, 0.25) is 5.95 Å². The maximum atomic E-state index is 13.0. The smallest absolute Gasteiger partial charge is 0.251 e. The topological polar surface area (TPSA) is 46.1 Å². The van der Waals surface area contributed by atoms with Crippen molar-refractivity contribution in [1.82, 2.24) is 9.97 Å². The monoisotopic (exact) mass is 255 g/mol. The summed E-state index contributed by atoms with van der Waals surface area (Å²) in [5.41, 5.74) is 1.06. The van der Waals surface area contributed by atoms with Crippen LogP contribution in [0.2, 0.25) is 0 Å². The van der Waals surface area contributed by atoms with E-state index < -0.39 is 5.92 Å². The molecule has 0 aliphatic carbocycles. The standard InChI is InChI=1S/C12H15F2N3O/c1-8-10(9(2)18)7-15-11(16-8)17-5-3-12(13,14)4-6-17/h7H,3-6H2,1-2H3. The lowest BCUT2D eigenvalue weighted by Gasteiger charge is -2.31. The van der Waals surface area contributed by atoms with Crippen LogP contribution in [0.3, 0.4) is 0 Å². The number of anilines is 1. The molecule has 1 aromatic heterocycles. The highest BCUT2D eigenvalue weighted by Crippen LogP contribution is 2.29. The van der Waals surface area contributed by atoms with Gasteiger partial charge in [-0.2, -0.15) is 0 Å². The Morgan fingerprint density at radius 2 is 2.00 bits per heavy atom. The minimum Gasteiger partial charge on any atom is -0.340 e. The number of carbonyl (C=O) groups is 1. The van der Waals surface area contributed by atoms with Gasteiger partial charge in [0, 0.05) is 32.1 Å². The van der Waals surface area contributed by atoms with Crippen LogP contribution in [0.1, 0.15) is 35.8 Å². The summed E-state index contributed by atoms with van der Waals surface area (Å²) in [6, 6.07) is 0. The molecule has 0 saturated carbocycles. The zero-order chi connectivity index (χ0) is 13.3. The Kier molecular flexibility index (Phi) is 3.28. The first-order chi connectivity index (χ1) is 8.39.